The van der Waals surface area contributed by atoms with Gasteiger partial charge in [0.25, 0.3) is 0 Å². The van der Waals surface area contributed by atoms with Gasteiger partial charge < -0.3 is 10.5 Å². The highest BCUT2D eigenvalue weighted by Crippen LogP contribution is 2.76. The number of nitrogens with two attached hydrogens (primary N) is 1. The molecule has 0 radical (unpaired) electrons. The van der Waals surface area contributed by atoms with E-state index >= 15 is 0 Å². The zero-order valence-electron chi connectivity index (χ0n) is 14.2. The molecule has 25 heavy (non-hydrogen) atoms. The summed E-state index contributed by atoms with van der Waals surface area (Å²) in [6.45, 7) is 0. The van der Waals surface area contributed by atoms with Gasteiger partial charge in [0.05, 0.1) is 18.4 Å². The number of carbonyl (C=O) groups is 2. The van der Waals surface area contributed by atoms with E-state index in [9.17, 15) is 9.59 Å². The lowest BCUT2D eigenvalue weighted by Gasteiger charge is -2.38. The summed E-state index contributed by atoms with van der Waals surface area (Å²) in [5, 5.41) is 0.681. The van der Waals surface area contributed by atoms with Crippen molar-refractivity contribution in [1.29, 1.82) is 0 Å². The molecule has 0 aliphatic heterocycles. The molecule has 3 aliphatic carbocycles. The molecule has 1 aromatic carbocycles. The van der Waals surface area contributed by atoms with Gasteiger partial charge in [-0.05, 0) is 60.6 Å². The van der Waals surface area contributed by atoms with E-state index in [0.717, 1.165) is 18.4 Å². The summed E-state index contributed by atoms with van der Waals surface area (Å²) in [5.74, 6) is -1.04. The molecule has 132 valence electrons. The standard InChI is InChI=1S/C20H22ClNO3/c1-25-17(23)16-14-6-7-15(19(14)10-11-19)20(16,18(22)24)9-8-12-2-4-13(21)5-3-12/h2-7,14-16H,8-11H2,1H3,(H2,22,24)/t14-,15+,16+,20-/m1/s1. The monoisotopic (exact) mass is 359 g/mol. The minimum atomic E-state index is -0.858. The normalized spacial score (nSPS) is 33.6. The van der Waals surface area contributed by atoms with E-state index in [1.165, 1.54) is 7.11 Å². The molecule has 2 saturated carbocycles. The van der Waals surface area contributed by atoms with E-state index in [2.05, 4.69) is 12.2 Å². The van der Waals surface area contributed by atoms with E-state index in [1.54, 1.807) is 0 Å². The average molecular weight is 360 g/mol. The molecule has 0 aromatic heterocycles. The van der Waals surface area contributed by atoms with Crippen LogP contribution in [0.3, 0.4) is 0 Å². The van der Waals surface area contributed by atoms with Gasteiger partial charge in [-0.3, -0.25) is 9.59 Å². The van der Waals surface area contributed by atoms with Crippen molar-refractivity contribution in [3.05, 3.63) is 47.0 Å². The highest BCUT2D eigenvalue weighted by molar-refractivity contribution is 6.30. The van der Waals surface area contributed by atoms with Gasteiger partial charge >= 0.3 is 5.97 Å². The Kier molecular flexibility index (Phi) is 3.73. The number of aryl methyl sites for hydroxylation is 1. The minimum Gasteiger partial charge on any atom is -0.469 e. The Morgan fingerprint density at radius 3 is 2.48 bits per heavy atom. The van der Waals surface area contributed by atoms with Crippen molar-refractivity contribution < 1.29 is 14.3 Å². The van der Waals surface area contributed by atoms with Crippen LogP contribution in [0.5, 0.6) is 0 Å². The average Bonchev–Trinajstić information content (AvgIpc) is 3.27. The molecular weight excluding hydrogens is 338 g/mol. The maximum atomic E-state index is 12.7. The molecule has 0 unspecified atom stereocenters. The summed E-state index contributed by atoms with van der Waals surface area (Å²) >= 11 is 5.95. The van der Waals surface area contributed by atoms with Crippen LogP contribution in [0.1, 0.15) is 24.8 Å². The summed E-state index contributed by atoms with van der Waals surface area (Å²) in [4.78, 5) is 25.3. The van der Waals surface area contributed by atoms with Crippen LogP contribution in [0.4, 0.5) is 0 Å². The first kappa shape index (κ1) is 16.6. The van der Waals surface area contributed by atoms with Crippen LogP contribution in [0.25, 0.3) is 0 Å². The molecule has 2 N–H and O–H groups in total. The summed E-state index contributed by atoms with van der Waals surface area (Å²) in [6, 6.07) is 7.60. The van der Waals surface area contributed by atoms with Gasteiger partial charge in [0, 0.05) is 5.02 Å². The van der Waals surface area contributed by atoms with Gasteiger partial charge in [-0.2, -0.15) is 0 Å². The van der Waals surface area contributed by atoms with Gasteiger partial charge in [-0.15, -0.1) is 0 Å². The molecular formula is C20H22ClNO3. The Bertz CT molecular complexity index is 753. The summed E-state index contributed by atoms with van der Waals surface area (Å²) in [5.41, 5.74) is 6.22. The van der Waals surface area contributed by atoms with Gasteiger partial charge in [0.1, 0.15) is 0 Å². The molecule has 1 amide bonds. The van der Waals surface area contributed by atoms with Crippen molar-refractivity contribution in [2.24, 2.45) is 34.3 Å². The molecule has 4 nitrogen and oxygen atoms in total. The Morgan fingerprint density at radius 2 is 1.92 bits per heavy atom. The fourth-order valence-electron chi connectivity index (χ4n) is 5.48. The van der Waals surface area contributed by atoms with Gasteiger partial charge in [0.15, 0.2) is 0 Å². The molecule has 0 heterocycles. The van der Waals surface area contributed by atoms with Crippen LogP contribution in [0.2, 0.25) is 5.02 Å². The van der Waals surface area contributed by atoms with E-state index in [1.807, 2.05) is 24.3 Å². The molecule has 0 saturated heterocycles. The number of methoxy groups -OCH3 is 1. The second-order valence-corrected chi connectivity index (χ2v) is 8.09. The number of benzene rings is 1. The third-order valence-corrected chi connectivity index (χ3v) is 7.00. The third-order valence-electron chi connectivity index (χ3n) is 6.75. The minimum absolute atomic E-state index is 0.0406. The van der Waals surface area contributed by atoms with Gasteiger partial charge in [-0.25, -0.2) is 0 Å². The zero-order chi connectivity index (χ0) is 17.8. The molecule has 1 aromatic rings. The Labute approximate surface area is 152 Å². The SMILES string of the molecule is COC(=O)[C@@H]1[C@H]2C=C[C@@H](C23CC3)[C@@]1(CCc1ccc(Cl)cc1)C(N)=O. The molecule has 4 rings (SSSR count). The summed E-state index contributed by atoms with van der Waals surface area (Å²) < 4.78 is 5.08. The molecule has 5 heteroatoms. The first-order valence-corrected chi connectivity index (χ1v) is 9.14. The van der Waals surface area contributed by atoms with E-state index in [-0.39, 0.29) is 29.1 Å². The summed E-state index contributed by atoms with van der Waals surface area (Å²) in [7, 11) is 1.39. The fraction of sp³-hybridized carbons (Fsp3) is 0.500. The molecule has 2 fully saturated rings. The second-order valence-electron chi connectivity index (χ2n) is 7.65. The number of ether oxygens (including phenoxy) is 1. The van der Waals surface area contributed by atoms with Crippen LogP contribution in [-0.4, -0.2) is 19.0 Å². The first-order valence-electron chi connectivity index (χ1n) is 8.76. The van der Waals surface area contributed by atoms with Crippen LogP contribution in [-0.2, 0) is 20.7 Å². The smallest absolute Gasteiger partial charge is 0.310 e. The van der Waals surface area contributed by atoms with E-state index in [0.29, 0.717) is 17.9 Å². The Hall–Kier alpha value is -1.81. The molecule has 4 atom stereocenters. The molecule has 2 bridgehead atoms. The van der Waals surface area contributed by atoms with Crippen molar-refractivity contribution in [3.8, 4) is 0 Å². The van der Waals surface area contributed by atoms with Gasteiger partial charge in [-0.1, -0.05) is 35.9 Å². The number of amides is 1. The lowest BCUT2D eigenvalue weighted by Crippen LogP contribution is -2.49. The number of rotatable bonds is 5. The summed E-state index contributed by atoms with van der Waals surface area (Å²) in [6.07, 6.45) is 7.59. The van der Waals surface area contributed by atoms with Crippen LogP contribution in [0, 0.1) is 28.6 Å². The second kappa shape index (κ2) is 5.60. The highest BCUT2D eigenvalue weighted by Gasteiger charge is 2.76. The lowest BCUT2D eigenvalue weighted by molar-refractivity contribution is -0.156. The number of hydrogen-bond acceptors (Lipinski definition) is 3. The number of carbonyl (C=O) groups excluding carboxylic acids is 2. The predicted octanol–water partition coefficient (Wildman–Crippen LogP) is 3.13. The maximum Gasteiger partial charge on any atom is 0.310 e. The van der Waals surface area contributed by atoms with Crippen molar-refractivity contribution in [1.82, 2.24) is 0 Å². The van der Waals surface area contributed by atoms with E-state index < -0.39 is 11.3 Å². The van der Waals surface area contributed by atoms with Crippen LogP contribution < -0.4 is 5.73 Å². The van der Waals surface area contributed by atoms with Crippen LogP contribution >= 0.6 is 11.6 Å². The first-order chi connectivity index (χ1) is 12.0. The highest BCUT2D eigenvalue weighted by atomic mass is 35.5. The number of primary amides is 1. The van der Waals surface area contributed by atoms with Crippen molar-refractivity contribution >= 4 is 23.5 Å². The topological polar surface area (TPSA) is 69.4 Å². The third kappa shape index (κ3) is 2.20. The fourth-order valence-corrected chi connectivity index (χ4v) is 5.60. The van der Waals surface area contributed by atoms with E-state index in [4.69, 9.17) is 22.1 Å². The quantitative estimate of drug-likeness (QED) is 0.648. The number of hydrogen-bond donors (Lipinski definition) is 1. The zero-order valence-corrected chi connectivity index (χ0v) is 15.0. The van der Waals surface area contributed by atoms with Crippen molar-refractivity contribution in [2.75, 3.05) is 7.11 Å². The Balaban J connectivity index is 1.70. The molecule has 3 aliphatic rings. The van der Waals surface area contributed by atoms with Crippen LogP contribution in [0.15, 0.2) is 36.4 Å². The number of esters is 1. The number of halogens is 1. The lowest BCUT2D eigenvalue weighted by atomic mass is 9.64. The molecule has 1 spiro atoms. The predicted molar refractivity (Wildman–Crippen MR) is 94.7 cm³/mol. The largest absolute Gasteiger partial charge is 0.469 e. The van der Waals surface area contributed by atoms with Crippen molar-refractivity contribution in [2.45, 2.75) is 25.7 Å². The Morgan fingerprint density at radius 1 is 1.24 bits per heavy atom. The van der Waals surface area contributed by atoms with Gasteiger partial charge in [0.2, 0.25) is 5.91 Å². The van der Waals surface area contributed by atoms with Crippen molar-refractivity contribution in [3.63, 3.8) is 0 Å². The maximum absolute atomic E-state index is 12.7. The number of allylic oxidation sites excluding steroid dienone is 2.